The number of aryl methyl sites for hydroxylation is 1. The fraction of sp³-hybridized carbons (Fsp3) is 0.500. The van der Waals surface area contributed by atoms with Crippen LogP contribution in [-0.4, -0.2) is 20.3 Å². The number of benzene rings is 1. The Labute approximate surface area is 107 Å². The van der Waals surface area contributed by atoms with Gasteiger partial charge in [0.05, 0.1) is 19.8 Å². The van der Waals surface area contributed by atoms with Crippen LogP contribution in [0.15, 0.2) is 11.1 Å². The lowest BCUT2D eigenvalue weighted by Crippen LogP contribution is -2.08. The third-order valence-corrected chi connectivity index (χ3v) is 3.56. The van der Waals surface area contributed by atoms with E-state index in [0.29, 0.717) is 0 Å². The van der Waals surface area contributed by atoms with Crippen LogP contribution in [0.5, 0.6) is 11.5 Å². The fourth-order valence-corrected chi connectivity index (χ4v) is 2.49. The van der Waals surface area contributed by atoms with Crippen LogP contribution in [-0.2, 0) is 10.3 Å². The molecule has 1 aliphatic rings. The summed E-state index contributed by atoms with van der Waals surface area (Å²) in [6.45, 7) is 3.93. The second-order valence-electron chi connectivity index (χ2n) is 4.67. The number of aliphatic imine (C=N–C) groups is 1. The first-order valence-corrected chi connectivity index (χ1v) is 5.91. The number of methoxy groups -OCH3 is 2. The highest BCUT2D eigenvalue weighted by molar-refractivity contribution is 5.58. The third-order valence-electron chi connectivity index (χ3n) is 3.56. The molecule has 0 heterocycles. The van der Waals surface area contributed by atoms with Gasteiger partial charge < -0.3 is 9.47 Å². The molecule has 1 aromatic carbocycles. The molecule has 0 N–H and O–H groups in total. The van der Waals surface area contributed by atoms with Crippen LogP contribution in [0.1, 0.15) is 29.5 Å². The average Bonchev–Trinajstić information content (AvgIpc) is 3.12. The van der Waals surface area contributed by atoms with Crippen LogP contribution in [0, 0.1) is 13.8 Å². The van der Waals surface area contributed by atoms with E-state index in [1.54, 1.807) is 20.3 Å². The predicted octanol–water partition coefficient (Wildman–Crippen LogP) is 2.65. The monoisotopic (exact) mass is 247 g/mol. The molecule has 0 aliphatic heterocycles. The zero-order chi connectivity index (χ0) is 13.3. The van der Waals surface area contributed by atoms with Crippen molar-refractivity contribution in [3.05, 3.63) is 22.8 Å². The summed E-state index contributed by atoms with van der Waals surface area (Å²) in [4.78, 5) is 14.5. The molecule has 0 atom stereocenters. The summed E-state index contributed by atoms with van der Waals surface area (Å²) < 4.78 is 10.8. The van der Waals surface area contributed by atoms with Gasteiger partial charge in [-0.1, -0.05) is 0 Å². The van der Waals surface area contributed by atoms with E-state index in [9.17, 15) is 4.79 Å². The van der Waals surface area contributed by atoms with Crippen LogP contribution in [0.3, 0.4) is 0 Å². The molecule has 1 aliphatic carbocycles. The Kier molecular flexibility index (Phi) is 3.14. The predicted molar refractivity (Wildman–Crippen MR) is 68.1 cm³/mol. The Balaban J connectivity index is 2.64. The maximum atomic E-state index is 10.6. The van der Waals surface area contributed by atoms with Crippen LogP contribution >= 0.6 is 0 Å². The molecular formula is C14H17NO3. The molecule has 0 aromatic heterocycles. The molecule has 0 bridgehead atoms. The number of nitrogens with zero attached hydrogens (tertiary/aromatic N) is 1. The van der Waals surface area contributed by atoms with Crippen molar-refractivity contribution in [3.8, 4) is 11.5 Å². The Hall–Kier alpha value is -1.80. The summed E-state index contributed by atoms with van der Waals surface area (Å²) in [7, 11) is 3.25. The van der Waals surface area contributed by atoms with E-state index in [-0.39, 0.29) is 5.54 Å². The van der Waals surface area contributed by atoms with Crippen molar-refractivity contribution < 1.29 is 14.3 Å². The molecule has 1 saturated carbocycles. The lowest BCUT2D eigenvalue weighted by Gasteiger charge is -2.19. The second kappa shape index (κ2) is 4.46. The molecule has 4 heteroatoms. The Morgan fingerprint density at radius 3 is 2.28 bits per heavy atom. The fourth-order valence-electron chi connectivity index (χ4n) is 2.49. The van der Waals surface area contributed by atoms with Gasteiger partial charge in [-0.15, -0.1) is 0 Å². The third kappa shape index (κ3) is 1.79. The molecule has 0 saturated heterocycles. The van der Waals surface area contributed by atoms with Crippen LogP contribution < -0.4 is 9.47 Å². The van der Waals surface area contributed by atoms with Gasteiger partial charge in [-0.25, -0.2) is 4.79 Å². The normalized spacial score (nSPS) is 15.8. The second-order valence-corrected chi connectivity index (χ2v) is 4.67. The smallest absolute Gasteiger partial charge is 0.235 e. The first-order valence-electron chi connectivity index (χ1n) is 5.91. The summed E-state index contributed by atoms with van der Waals surface area (Å²) >= 11 is 0. The van der Waals surface area contributed by atoms with E-state index in [4.69, 9.17) is 9.47 Å². The molecule has 2 rings (SSSR count). The van der Waals surface area contributed by atoms with Gasteiger partial charge >= 0.3 is 0 Å². The van der Waals surface area contributed by atoms with Gasteiger partial charge in [0.15, 0.2) is 11.5 Å². The van der Waals surface area contributed by atoms with Crippen molar-refractivity contribution in [1.29, 1.82) is 0 Å². The largest absolute Gasteiger partial charge is 0.493 e. The van der Waals surface area contributed by atoms with Crippen LogP contribution in [0.4, 0.5) is 0 Å². The molecule has 1 fully saturated rings. The maximum Gasteiger partial charge on any atom is 0.235 e. The van der Waals surface area contributed by atoms with E-state index in [0.717, 1.165) is 41.0 Å². The van der Waals surface area contributed by atoms with Crippen molar-refractivity contribution in [2.45, 2.75) is 32.2 Å². The first kappa shape index (κ1) is 12.7. The van der Waals surface area contributed by atoms with E-state index in [2.05, 4.69) is 4.99 Å². The summed E-state index contributed by atoms with van der Waals surface area (Å²) in [6, 6.07) is 2.03. The van der Waals surface area contributed by atoms with Gasteiger partial charge in [-0.2, -0.15) is 4.99 Å². The van der Waals surface area contributed by atoms with Crippen LogP contribution in [0.2, 0.25) is 0 Å². The van der Waals surface area contributed by atoms with E-state index in [1.807, 2.05) is 19.9 Å². The minimum Gasteiger partial charge on any atom is -0.493 e. The standard InChI is InChI=1S/C14H17NO3/c1-9-7-11(14(5-6-14)15-8-16)10(2)13(18-4)12(9)17-3/h7H,5-6H2,1-4H3. The van der Waals surface area contributed by atoms with Gasteiger partial charge in [0.25, 0.3) is 0 Å². The number of hydrogen-bond acceptors (Lipinski definition) is 4. The van der Waals surface area contributed by atoms with Crippen molar-refractivity contribution in [1.82, 2.24) is 0 Å². The van der Waals surface area contributed by atoms with E-state index < -0.39 is 0 Å². The van der Waals surface area contributed by atoms with Crippen LogP contribution in [0.25, 0.3) is 0 Å². The molecule has 18 heavy (non-hydrogen) atoms. The number of rotatable bonds is 4. The zero-order valence-electron chi connectivity index (χ0n) is 11.2. The number of ether oxygens (including phenoxy) is 2. The summed E-state index contributed by atoms with van der Waals surface area (Å²) in [6.07, 6.45) is 3.46. The van der Waals surface area contributed by atoms with Crippen molar-refractivity contribution in [2.24, 2.45) is 4.99 Å². The SMILES string of the molecule is COc1c(C)cc(C2(N=C=O)CC2)c(C)c1OC. The van der Waals surface area contributed by atoms with Gasteiger partial charge in [0.2, 0.25) is 6.08 Å². The zero-order valence-corrected chi connectivity index (χ0v) is 11.2. The number of hydrogen-bond donors (Lipinski definition) is 0. The molecule has 0 spiro atoms. The first-order chi connectivity index (χ1) is 8.59. The van der Waals surface area contributed by atoms with Crippen molar-refractivity contribution >= 4 is 6.08 Å². The highest BCUT2D eigenvalue weighted by Gasteiger charge is 2.46. The summed E-state index contributed by atoms with van der Waals surface area (Å²) in [5.41, 5.74) is 2.63. The van der Waals surface area contributed by atoms with Gasteiger partial charge in [-0.3, -0.25) is 0 Å². The highest BCUT2D eigenvalue weighted by atomic mass is 16.5. The highest BCUT2D eigenvalue weighted by Crippen LogP contribution is 2.53. The topological polar surface area (TPSA) is 47.9 Å². The van der Waals surface area contributed by atoms with Crippen molar-refractivity contribution in [3.63, 3.8) is 0 Å². The Morgan fingerprint density at radius 2 is 1.83 bits per heavy atom. The minimum atomic E-state index is -0.379. The average molecular weight is 247 g/mol. The molecule has 4 nitrogen and oxygen atoms in total. The van der Waals surface area contributed by atoms with Crippen molar-refractivity contribution in [2.75, 3.05) is 14.2 Å². The lowest BCUT2D eigenvalue weighted by atomic mass is 9.95. The van der Waals surface area contributed by atoms with Gasteiger partial charge in [-0.05, 0) is 43.9 Å². The maximum absolute atomic E-state index is 10.6. The van der Waals surface area contributed by atoms with E-state index >= 15 is 0 Å². The molecule has 0 unspecified atom stereocenters. The number of carbonyl (C=O) groups excluding carboxylic acids is 1. The molecule has 1 aromatic rings. The summed E-state index contributed by atoms with van der Waals surface area (Å²) in [5, 5.41) is 0. The van der Waals surface area contributed by atoms with Gasteiger partial charge in [0, 0.05) is 5.56 Å². The molecule has 0 amide bonds. The molecule has 96 valence electrons. The Bertz CT molecular complexity index is 526. The minimum absolute atomic E-state index is 0.379. The lowest BCUT2D eigenvalue weighted by molar-refractivity contribution is 0.350. The molecule has 0 radical (unpaired) electrons. The van der Waals surface area contributed by atoms with E-state index in [1.165, 1.54) is 0 Å². The Morgan fingerprint density at radius 1 is 1.22 bits per heavy atom. The quantitative estimate of drug-likeness (QED) is 0.607. The summed E-state index contributed by atoms with van der Waals surface area (Å²) in [5.74, 6) is 1.46. The molecular weight excluding hydrogens is 230 g/mol. The van der Waals surface area contributed by atoms with Gasteiger partial charge in [0.1, 0.15) is 0 Å². The number of isocyanates is 1.